The lowest BCUT2D eigenvalue weighted by atomic mass is 10.1. The molecule has 0 aliphatic carbocycles. The van der Waals surface area contributed by atoms with Crippen LogP contribution in [0.15, 0.2) is 36.5 Å². The fourth-order valence-electron chi connectivity index (χ4n) is 1.85. The number of benzene rings is 1. The zero-order valence-electron chi connectivity index (χ0n) is 11.6. The van der Waals surface area contributed by atoms with Crippen LogP contribution in [-0.4, -0.2) is 29.6 Å². The SMILES string of the molecule is COC(=O)c1nccc(NCCc2cccc(C)c2)n1. The summed E-state index contributed by atoms with van der Waals surface area (Å²) in [4.78, 5) is 19.3. The Kier molecular flexibility index (Phi) is 4.65. The van der Waals surface area contributed by atoms with Crippen molar-refractivity contribution in [2.75, 3.05) is 19.0 Å². The predicted octanol–water partition coefficient (Wildman–Crippen LogP) is 2.23. The summed E-state index contributed by atoms with van der Waals surface area (Å²) in [5.74, 6) is 0.147. The summed E-state index contributed by atoms with van der Waals surface area (Å²) in [6.07, 6.45) is 2.42. The molecule has 1 heterocycles. The maximum Gasteiger partial charge on any atom is 0.376 e. The monoisotopic (exact) mass is 271 g/mol. The molecule has 0 bridgehead atoms. The molecule has 0 fully saturated rings. The molecule has 0 radical (unpaired) electrons. The molecule has 0 atom stereocenters. The van der Waals surface area contributed by atoms with Crippen molar-refractivity contribution in [3.63, 3.8) is 0 Å². The summed E-state index contributed by atoms with van der Waals surface area (Å²) in [6, 6.07) is 10.1. The zero-order valence-corrected chi connectivity index (χ0v) is 11.6. The maximum atomic E-state index is 11.3. The Morgan fingerprint density at radius 1 is 1.35 bits per heavy atom. The van der Waals surface area contributed by atoms with Crippen LogP contribution >= 0.6 is 0 Å². The number of aromatic nitrogens is 2. The standard InChI is InChI=1S/C15H17N3O2/c1-11-4-3-5-12(10-11)6-8-16-13-7-9-17-14(18-13)15(19)20-2/h3-5,7,9-10H,6,8H2,1-2H3,(H,16,17,18). The summed E-state index contributed by atoms with van der Waals surface area (Å²) in [6.45, 7) is 2.81. The first-order valence-corrected chi connectivity index (χ1v) is 6.40. The van der Waals surface area contributed by atoms with Gasteiger partial charge in [-0.3, -0.25) is 0 Å². The Bertz CT molecular complexity index is 599. The van der Waals surface area contributed by atoms with E-state index in [-0.39, 0.29) is 5.82 Å². The van der Waals surface area contributed by atoms with Gasteiger partial charge in [-0.2, -0.15) is 0 Å². The van der Waals surface area contributed by atoms with Gasteiger partial charge in [0.2, 0.25) is 5.82 Å². The van der Waals surface area contributed by atoms with Gasteiger partial charge >= 0.3 is 5.97 Å². The predicted molar refractivity (Wildman–Crippen MR) is 76.7 cm³/mol. The van der Waals surface area contributed by atoms with Crippen LogP contribution in [0.4, 0.5) is 5.82 Å². The molecule has 0 amide bonds. The Morgan fingerprint density at radius 3 is 2.95 bits per heavy atom. The lowest BCUT2D eigenvalue weighted by Gasteiger charge is -2.07. The van der Waals surface area contributed by atoms with Crippen LogP contribution < -0.4 is 5.32 Å². The smallest absolute Gasteiger partial charge is 0.376 e. The first-order chi connectivity index (χ1) is 9.69. The summed E-state index contributed by atoms with van der Waals surface area (Å²) >= 11 is 0. The molecule has 2 aromatic rings. The summed E-state index contributed by atoms with van der Waals surface area (Å²) in [5, 5.41) is 3.17. The van der Waals surface area contributed by atoms with Crippen LogP contribution in [0, 0.1) is 6.92 Å². The number of nitrogens with one attached hydrogen (secondary N) is 1. The molecule has 0 aliphatic heterocycles. The van der Waals surface area contributed by atoms with E-state index in [0.29, 0.717) is 5.82 Å². The average Bonchev–Trinajstić information content (AvgIpc) is 2.47. The average molecular weight is 271 g/mol. The van der Waals surface area contributed by atoms with Gasteiger partial charge in [0.25, 0.3) is 0 Å². The number of hydrogen-bond donors (Lipinski definition) is 1. The highest BCUT2D eigenvalue weighted by Crippen LogP contribution is 2.06. The van der Waals surface area contributed by atoms with Crippen LogP contribution in [0.2, 0.25) is 0 Å². The molecule has 1 N–H and O–H groups in total. The normalized spacial score (nSPS) is 10.1. The Labute approximate surface area is 118 Å². The highest BCUT2D eigenvalue weighted by atomic mass is 16.5. The van der Waals surface area contributed by atoms with E-state index in [1.165, 1.54) is 24.4 Å². The van der Waals surface area contributed by atoms with E-state index < -0.39 is 5.97 Å². The van der Waals surface area contributed by atoms with Gasteiger partial charge in [0, 0.05) is 12.7 Å². The van der Waals surface area contributed by atoms with Crippen LogP contribution in [0.3, 0.4) is 0 Å². The second kappa shape index (κ2) is 6.65. The molecular formula is C15H17N3O2. The summed E-state index contributed by atoms with van der Waals surface area (Å²) in [5.41, 5.74) is 2.51. The van der Waals surface area contributed by atoms with Gasteiger partial charge in [-0.25, -0.2) is 14.8 Å². The molecule has 104 valence electrons. The van der Waals surface area contributed by atoms with Gasteiger partial charge in [-0.15, -0.1) is 0 Å². The summed E-state index contributed by atoms with van der Waals surface area (Å²) < 4.78 is 4.59. The van der Waals surface area contributed by atoms with E-state index >= 15 is 0 Å². The van der Waals surface area contributed by atoms with Crippen molar-refractivity contribution >= 4 is 11.8 Å². The Balaban J connectivity index is 1.92. The molecule has 0 saturated heterocycles. The number of carbonyl (C=O) groups excluding carboxylic acids is 1. The minimum absolute atomic E-state index is 0.0630. The minimum atomic E-state index is -0.535. The van der Waals surface area contributed by atoms with Gasteiger partial charge < -0.3 is 10.1 Å². The first kappa shape index (κ1) is 14.0. The molecule has 0 unspecified atom stereocenters. The highest BCUT2D eigenvalue weighted by molar-refractivity contribution is 5.85. The third-order valence-corrected chi connectivity index (χ3v) is 2.83. The van der Waals surface area contributed by atoms with Gasteiger partial charge in [0.15, 0.2) is 0 Å². The van der Waals surface area contributed by atoms with Gasteiger partial charge in [-0.05, 0) is 25.0 Å². The second-order valence-electron chi connectivity index (χ2n) is 4.42. The zero-order chi connectivity index (χ0) is 14.4. The fourth-order valence-corrected chi connectivity index (χ4v) is 1.85. The van der Waals surface area contributed by atoms with Crippen molar-refractivity contribution in [1.29, 1.82) is 0 Å². The molecule has 1 aromatic heterocycles. The molecular weight excluding hydrogens is 254 g/mol. The lowest BCUT2D eigenvalue weighted by Crippen LogP contribution is -2.11. The first-order valence-electron chi connectivity index (χ1n) is 6.40. The molecule has 5 heteroatoms. The van der Waals surface area contributed by atoms with Gasteiger partial charge in [0.05, 0.1) is 7.11 Å². The van der Waals surface area contributed by atoms with Crippen LogP contribution in [0.1, 0.15) is 21.7 Å². The number of rotatable bonds is 5. The van der Waals surface area contributed by atoms with Crippen LogP contribution in [0.5, 0.6) is 0 Å². The van der Waals surface area contributed by atoms with Crippen molar-refractivity contribution in [2.45, 2.75) is 13.3 Å². The molecule has 2 rings (SSSR count). The van der Waals surface area contributed by atoms with Crippen molar-refractivity contribution in [1.82, 2.24) is 9.97 Å². The topological polar surface area (TPSA) is 64.1 Å². The molecule has 0 aliphatic rings. The third-order valence-electron chi connectivity index (χ3n) is 2.83. The summed E-state index contributed by atoms with van der Waals surface area (Å²) in [7, 11) is 1.31. The minimum Gasteiger partial charge on any atom is -0.463 e. The largest absolute Gasteiger partial charge is 0.463 e. The number of nitrogens with zero attached hydrogens (tertiary/aromatic N) is 2. The van der Waals surface area contributed by atoms with Gasteiger partial charge in [0.1, 0.15) is 5.82 Å². The fraction of sp³-hybridized carbons (Fsp3) is 0.267. The lowest BCUT2D eigenvalue weighted by molar-refractivity contribution is 0.0587. The molecule has 1 aromatic carbocycles. The number of ether oxygens (including phenoxy) is 1. The van der Waals surface area contributed by atoms with E-state index in [1.807, 2.05) is 6.07 Å². The number of anilines is 1. The molecule has 20 heavy (non-hydrogen) atoms. The molecule has 5 nitrogen and oxygen atoms in total. The van der Waals surface area contributed by atoms with Crippen LogP contribution in [-0.2, 0) is 11.2 Å². The second-order valence-corrected chi connectivity index (χ2v) is 4.42. The van der Waals surface area contributed by atoms with Crippen molar-refractivity contribution in [2.24, 2.45) is 0 Å². The van der Waals surface area contributed by atoms with E-state index in [1.54, 1.807) is 6.07 Å². The number of esters is 1. The number of hydrogen-bond acceptors (Lipinski definition) is 5. The van der Waals surface area contributed by atoms with Gasteiger partial charge in [-0.1, -0.05) is 29.8 Å². The van der Waals surface area contributed by atoms with Crippen LogP contribution in [0.25, 0.3) is 0 Å². The molecule has 0 saturated carbocycles. The van der Waals surface area contributed by atoms with E-state index in [2.05, 4.69) is 45.1 Å². The maximum absolute atomic E-state index is 11.3. The van der Waals surface area contributed by atoms with Crippen molar-refractivity contribution < 1.29 is 9.53 Å². The van der Waals surface area contributed by atoms with Crippen molar-refractivity contribution in [3.8, 4) is 0 Å². The van der Waals surface area contributed by atoms with E-state index in [4.69, 9.17) is 0 Å². The molecule has 0 spiro atoms. The number of methoxy groups -OCH3 is 1. The Morgan fingerprint density at radius 2 is 2.20 bits per heavy atom. The number of aryl methyl sites for hydroxylation is 1. The van der Waals surface area contributed by atoms with E-state index in [0.717, 1.165) is 13.0 Å². The highest BCUT2D eigenvalue weighted by Gasteiger charge is 2.09. The third kappa shape index (κ3) is 3.78. The quantitative estimate of drug-likeness (QED) is 0.845. The Hall–Kier alpha value is -2.43. The van der Waals surface area contributed by atoms with Crippen molar-refractivity contribution in [3.05, 3.63) is 53.5 Å². The number of carbonyl (C=O) groups is 1. The van der Waals surface area contributed by atoms with E-state index in [9.17, 15) is 4.79 Å².